The molecule has 0 radical (unpaired) electrons. The molecule has 1 saturated carbocycles. The SMILES string of the molecule is CC(=C\CO)/C=C1C=C(/C=C/[C@@]23O[C@]2(C)CCCC3(C)C)C(=O)O\1. The molecule has 1 aliphatic carbocycles. The van der Waals surface area contributed by atoms with Gasteiger partial charge in [0.1, 0.15) is 11.4 Å². The van der Waals surface area contributed by atoms with E-state index >= 15 is 0 Å². The monoisotopic (exact) mass is 330 g/mol. The Balaban J connectivity index is 1.82. The van der Waals surface area contributed by atoms with Gasteiger partial charge in [-0.05, 0) is 63.0 Å². The maximum Gasteiger partial charge on any atom is 0.343 e. The van der Waals surface area contributed by atoms with Crippen molar-refractivity contribution >= 4 is 5.97 Å². The Hall–Kier alpha value is -1.65. The number of epoxide rings is 1. The number of carbonyl (C=O) groups excluding carboxylic acids is 1. The van der Waals surface area contributed by atoms with Gasteiger partial charge in [-0.2, -0.15) is 0 Å². The third-order valence-corrected chi connectivity index (χ3v) is 5.62. The third kappa shape index (κ3) is 2.68. The van der Waals surface area contributed by atoms with Crippen molar-refractivity contribution in [3.63, 3.8) is 0 Å². The van der Waals surface area contributed by atoms with Gasteiger partial charge < -0.3 is 14.6 Å². The summed E-state index contributed by atoms with van der Waals surface area (Å²) in [6.07, 6.45) is 12.4. The number of ether oxygens (including phenoxy) is 2. The van der Waals surface area contributed by atoms with Crippen LogP contribution < -0.4 is 0 Å². The molecule has 0 aromatic carbocycles. The van der Waals surface area contributed by atoms with Gasteiger partial charge in [0.15, 0.2) is 0 Å². The lowest BCUT2D eigenvalue weighted by Gasteiger charge is -2.36. The van der Waals surface area contributed by atoms with E-state index in [1.807, 2.05) is 13.0 Å². The first kappa shape index (κ1) is 17.2. The summed E-state index contributed by atoms with van der Waals surface area (Å²) in [6.45, 7) is 8.45. The molecule has 0 bridgehead atoms. The molecule has 24 heavy (non-hydrogen) atoms. The lowest BCUT2D eigenvalue weighted by atomic mass is 9.64. The van der Waals surface area contributed by atoms with Crippen LogP contribution in [0.15, 0.2) is 47.3 Å². The molecular weight excluding hydrogens is 304 g/mol. The zero-order valence-corrected chi connectivity index (χ0v) is 14.9. The topological polar surface area (TPSA) is 59.1 Å². The molecule has 1 N–H and O–H groups in total. The van der Waals surface area contributed by atoms with Crippen LogP contribution in [0.25, 0.3) is 0 Å². The Bertz CT molecular complexity index is 680. The average Bonchev–Trinajstić information content (AvgIpc) is 2.97. The molecule has 2 aliphatic heterocycles. The lowest BCUT2D eigenvalue weighted by Crippen LogP contribution is -2.41. The maximum atomic E-state index is 12.1. The fourth-order valence-electron chi connectivity index (χ4n) is 4.14. The zero-order chi connectivity index (χ0) is 17.6. The van der Waals surface area contributed by atoms with Gasteiger partial charge in [-0.1, -0.05) is 19.9 Å². The molecule has 0 aromatic rings. The maximum absolute atomic E-state index is 12.1. The second-order valence-corrected chi connectivity index (χ2v) is 7.81. The smallest absolute Gasteiger partial charge is 0.343 e. The first-order chi connectivity index (χ1) is 11.2. The highest BCUT2D eigenvalue weighted by molar-refractivity contribution is 5.95. The Labute approximate surface area is 143 Å². The standard InChI is InChI=1S/C20H26O4/c1-14(7-11-21)12-16-13-15(17(22)23-16)6-10-20-18(2,3)8-5-9-19(20,4)24-20/h6-7,10,12-13,21H,5,8-9,11H2,1-4H3/b10-6+,14-7+,16-12+/t19-,20+/m1/s1. The van der Waals surface area contributed by atoms with Gasteiger partial charge >= 0.3 is 5.97 Å². The molecule has 1 saturated heterocycles. The van der Waals surface area contributed by atoms with Crippen LogP contribution >= 0.6 is 0 Å². The minimum atomic E-state index is -0.346. The van der Waals surface area contributed by atoms with E-state index in [9.17, 15) is 4.79 Å². The first-order valence-electron chi connectivity index (χ1n) is 8.56. The highest BCUT2D eigenvalue weighted by atomic mass is 16.6. The lowest BCUT2D eigenvalue weighted by molar-refractivity contribution is -0.132. The molecule has 2 atom stereocenters. The van der Waals surface area contributed by atoms with Crippen molar-refractivity contribution in [3.05, 3.63) is 47.3 Å². The largest absolute Gasteiger partial charge is 0.423 e. The molecule has 2 heterocycles. The molecule has 0 amide bonds. The number of hydrogen-bond acceptors (Lipinski definition) is 4. The Morgan fingerprint density at radius 1 is 1.33 bits per heavy atom. The fourth-order valence-corrected chi connectivity index (χ4v) is 4.14. The Morgan fingerprint density at radius 3 is 2.75 bits per heavy atom. The molecule has 0 aromatic heterocycles. The van der Waals surface area contributed by atoms with E-state index in [0.717, 1.165) is 18.4 Å². The van der Waals surface area contributed by atoms with Crippen molar-refractivity contribution < 1.29 is 19.4 Å². The van der Waals surface area contributed by atoms with Crippen molar-refractivity contribution in [1.29, 1.82) is 0 Å². The van der Waals surface area contributed by atoms with Crippen LogP contribution in [0, 0.1) is 5.41 Å². The highest BCUT2D eigenvalue weighted by Gasteiger charge is 2.73. The van der Waals surface area contributed by atoms with E-state index < -0.39 is 0 Å². The average molecular weight is 330 g/mol. The van der Waals surface area contributed by atoms with Crippen LogP contribution in [0.4, 0.5) is 0 Å². The van der Waals surface area contributed by atoms with Gasteiger partial charge in [-0.15, -0.1) is 0 Å². The number of carbonyl (C=O) groups is 1. The highest BCUT2D eigenvalue weighted by Crippen LogP contribution is 2.66. The van der Waals surface area contributed by atoms with Gasteiger partial charge in [-0.25, -0.2) is 4.79 Å². The van der Waals surface area contributed by atoms with Crippen LogP contribution in [0.3, 0.4) is 0 Å². The second-order valence-electron chi connectivity index (χ2n) is 7.81. The van der Waals surface area contributed by atoms with Gasteiger partial charge in [0.25, 0.3) is 0 Å². The molecule has 3 rings (SSSR count). The van der Waals surface area contributed by atoms with E-state index in [4.69, 9.17) is 14.6 Å². The summed E-state index contributed by atoms with van der Waals surface area (Å²) in [5.41, 5.74) is 1.03. The molecule has 130 valence electrons. The predicted octanol–water partition coefficient (Wildman–Crippen LogP) is 3.59. The molecule has 0 unspecified atom stereocenters. The minimum Gasteiger partial charge on any atom is -0.423 e. The van der Waals surface area contributed by atoms with Crippen LogP contribution in [-0.4, -0.2) is 28.9 Å². The van der Waals surface area contributed by atoms with Crippen molar-refractivity contribution in [2.75, 3.05) is 6.61 Å². The van der Waals surface area contributed by atoms with Crippen molar-refractivity contribution in [2.24, 2.45) is 5.41 Å². The zero-order valence-electron chi connectivity index (χ0n) is 14.9. The number of aliphatic hydroxyl groups is 1. The number of hydrogen-bond donors (Lipinski definition) is 1. The molecule has 4 nitrogen and oxygen atoms in total. The predicted molar refractivity (Wildman–Crippen MR) is 92.1 cm³/mol. The summed E-state index contributed by atoms with van der Waals surface area (Å²) >= 11 is 0. The van der Waals surface area contributed by atoms with Crippen molar-refractivity contribution in [1.82, 2.24) is 0 Å². The summed E-state index contributed by atoms with van der Waals surface area (Å²) < 4.78 is 11.4. The van der Waals surface area contributed by atoms with Crippen LogP contribution in [0.2, 0.25) is 0 Å². The Morgan fingerprint density at radius 2 is 2.08 bits per heavy atom. The van der Waals surface area contributed by atoms with Crippen LogP contribution in [0.5, 0.6) is 0 Å². The van der Waals surface area contributed by atoms with E-state index in [1.165, 1.54) is 6.42 Å². The molecule has 0 spiro atoms. The number of esters is 1. The summed E-state index contributed by atoms with van der Waals surface area (Å²) in [5.74, 6) is 0.156. The van der Waals surface area contributed by atoms with E-state index in [1.54, 1.807) is 18.2 Å². The van der Waals surface area contributed by atoms with E-state index in [0.29, 0.717) is 11.3 Å². The summed E-state index contributed by atoms with van der Waals surface area (Å²) in [5, 5.41) is 8.90. The molecule has 4 heteroatoms. The van der Waals surface area contributed by atoms with Crippen molar-refractivity contribution in [2.45, 2.75) is 58.2 Å². The van der Waals surface area contributed by atoms with Gasteiger partial charge in [-0.3, -0.25) is 0 Å². The van der Waals surface area contributed by atoms with Crippen LogP contribution in [0.1, 0.15) is 47.0 Å². The Kier molecular flexibility index (Phi) is 4.09. The van der Waals surface area contributed by atoms with Gasteiger partial charge in [0, 0.05) is 5.41 Å². The van der Waals surface area contributed by atoms with E-state index in [2.05, 4.69) is 26.8 Å². The fraction of sp³-hybridized carbons (Fsp3) is 0.550. The third-order valence-electron chi connectivity index (χ3n) is 5.62. The van der Waals surface area contributed by atoms with Gasteiger partial charge in [0.2, 0.25) is 0 Å². The number of rotatable bonds is 4. The molecular formula is C20H26O4. The quantitative estimate of drug-likeness (QED) is 0.632. The molecule has 2 fully saturated rings. The number of allylic oxidation sites excluding steroid dienone is 3. The second kappa shape index (κ2) is 5.71. The summed E-state index contributed by atoms with van der Waals surface area (Å²) in [6, 6.07) is 0. The summed E-state index contributed by atoms with van der Waals surface area (Å²) in [4.78, 5) is 12.1. The van der Waals surface area contributed by atoms with E-state index in [-0.39, 0.29) is 29.2 Å². The summed E-state index contributed by atoms with van der Waals surface area (Å²) in [7, 11) is 0. The number of aliphatic hydroxyl groups excluding tert-OH is 1. The first-order valence-corrected chi connectivity index (χ1v) is 8.56. The van der Waals surface area contributed by atoms with Crippen molar-refractivity contribution in [3.8, 4) is 0 Å². The van der Waals surface area contributed by atoms with Crippen LogP contribution in [-0.2, 0) is 14.3 Å². The number of fused-ring (bicyclic) bond motifs is 1. The minimum absolute atomic E-state index is 0.0342. The normalized spacial score (nSPS) is 36.7. The molecule has 3 aliphatic rings. The van der Waals surface area contributed by atoms with Gasteiger partial charge in [0.05, 0.1) is 17.8 Å². The number of cyclic esters (lactones) is 1.